The van der Waals surface area contributed by atoms with Crippen LogP contribution >= 0.6 is 0 Å². The maximum Gasteiger partial charge on any atom is 0.304 e. The maximum absolute atomic E-state index is 11.2. The topological polar surface area (TPSA) is 26.3 Å². The average molecular weight is 234 g/mol. The van der Waals surface area contributed by atoms with Gasteiger partial charge in [-0.05, 0) is 38.5 Å². The molecule has 0 aliphatic heterocycles. The van der Waals surface area contributed by atoms with E-state index in [1.54, 1.807) is 0 Å². The molecule has 1 saturated carbocycles. The first-order valence-electron chi connectivity index (χ1n) is 6.43. The molecule has 2 nitrogen and oxygen atoms in total. The highest BCUT2D eigenvalue weighted by atomic mass is 16.6. The Morgan fingerprint density at radius 1 is 1.65 bits per heavy atom. The van der Waals surface area contributed by atoms with E-state index in [9.17, 15) is 4.79 Å². The molecule has 2 unspecified atom stereocenters. The van der Waals surface area contributed by atoms with Crippen LogP contribution in [-0.4, -0.2) is 11.6 Å². The first kappa shape index (κ1) is 13.8. The first-order valence-corrected chi connectivity index (χ1v) is 6.43. The van der Waals surface area contributed by atoms with Crippen LogP contribution in [0.1, 0.15) is 51.9 Å². The number of carbonyl (C=O) groups is 1. The summed E-state index contributed by atoms with van der Waals surface area (Å²) in [4.78, 5) is 11.2. The van der Waals surface area contributed by atoms with Gasteiger partial charge in [0.1, 0.15) is 0 Å². The molecule has 1 rings (SSSR count). The van der Waals surface area contributed by atoms with Gasteiger partial charge in [0.2, 0.25) is 0 Å². The molecule has 0 amide bonds. The van der Waals surface area contributed by atoms with Gasteiger partial charge in [0.25, 0.3) is 0 Å². The minimum absolute atomic E-state index is 0.265. The van der Waals surface area contributed by atoms with Crippen LogP contribution in [0.3, 0.4) is 0 Å². The lowest BCUT2D eigenvalue weighted by Gasteiger charge is -2.39. The molecule has 94 valence electrons. The molecule has 0 radical (unpaired) electrons. The Morgan fingerprint density at radius 2 is 2.41 bits per heavy atom. The average Bonchev–Trinajstić information content (AvgIpc) is 2.31. The van der Waals surface area contributed by atoms with E-state index in [1.165, 1.54) is 13.3 Å². The van der Waals surface area contributed by atoms with Crippen molar-refractivity contribution in [3.8, 4) is 12.3 Å². The van der Waals surface area contributed by atoms with E-state index in [1.807, 2.05) is 6.08 Å². The number of hydrogen-bond acceptors (Lipinski definition) is 2. The second-order valence-electron chi connectivity index (χ2n) is 4.79. The Morgan fingerprint density at radius 3 is 3.00 bits per heavy atom. The normalized spacial score (nSPS) is 28.1. The van der Waals surface area contributed by atoms with Gasteiger partial charge in [0.05, 0.1) is 0 Å². The predicted octanol–water partition coefficient (Wildman–Crippen LogP) is 3.47. The largest absolute Gasteiger partial charge is 0.446 e. The maximum atomic E-state index is 11.2. The highest BCUT2D eigenvalue weighted by molar-refractivity contribution is 5.67. The van der Waals surface area contributed by atoms with Crippen LogP contribution in [0.2, 0.25) is 0 Å². The summed E-state index contributed by atoms with van der Waals surface area (Å²) in [5.41, 5.74) is -0.648. The van der Waals surface area contributed by atoms with Gasteiger partial charge in [0, 0.05) is 12.8 Å². The molecule has 17 heavy (non-hydrogen) atoms. The minimum Gasteiger partial charge on any atom is -0.446 e. The minimum atomic E-state index is -0.648. The van der Waals surface area contributed by atoms with Gasteiger partial charge in [-0.15, -0.1) is 13.0 Å². The number of esters is 1. The van der Waals surface area contributed by atoms with E-state index in [-0.39, 0.29) is 5.97 Å². The standard InChI is InChI=1S/C15H22O2/c1-4-6-7-10-14-11-8-9-12-15(14,5-2)17-13(3)16/h2,4,14H,1,6-12H2,3H3. The molecule has 0 N–H and O–H groups in total. The molecular weight excluding hydrogens is 212 g/mol. The van der Waals surface area contributed by atoms with Crippen molar-refractivity contribution in [1.29, 1.82) is 0 Å². The van der Waals surface area contributed by atoms with Crippen molar-refractivity contribution in [3.63, 3.8) is 0 Å². The summed E-state index contributed by atoms with van der Waals surface area (Å²) in [6, 6.07) is 0. The zero-order chi connectivity index (χ0) is 12.7. The molecule has 0 bridgehead atoms. The third-order valence-corrected chi connectivity index (χ3v) is 3.54. The molecule has 0 aromatic heterocycles. The van der Waals surface area contributed by atoms with Gasteiger partial charge >= 0.3 is 5.97 Å². The van der Waals surface area contributed by atoms with Crippen LogP contribution in [0.25, 0.3) is 0 Å². The van der Waals surface area contributed by atoms with E-state index in [2.05, 4.69) is 12.5 Å². The number of carbonyl (C=O) groups excluding carboxylic acids is 1. The number of allylic oxidation sites excluding steroid dienone is 1. The quantitative estimate of drug-likeness (QED) is 0.315. The Labute approximate surface area is 104 Å². The Balaban J connectivity index is 2.71. The molecule has 2 heteroatoms. The highest BCUT2D eigenvalue weighted by Crippen LogP contribution is 2.39. The van der Waals surface area contributed by atoms with Gasteiger partial charge in [0.15, 0.2) is 5.60 Å². The number of ether oxygens (including phenoxy) is 1. The summed E-state index contributed by atoms with van der Waals surface area (Å²) in [7, 11) is 0. The summed E-state index contributed by atoms with van der Waals surface area (Å²) in [5.74, 6) is 2.80. The number of terminal acetylenes is 1. The third-order valence-electron chi connectivity index (χ3n) is 3.54. The fraction of sp³-hybridized carbons (Fsp3) is 0.667. The van der Waals surface area contributed by atoms with Gasteiger partial charge in [-0.2, -0.15) is 0 Å². The van der Waals surface area contributed by atoms with Crippen LogP contribution in [-0.2, 0) is 9.53 Å². The predicted molar refractivity (Wildman–Crippen MR) is 69.3 cm³/mol. The molecule has 0 saturated heterocycles. The van der Waals surface area contributed by atoms with Gasteiger partial charge in [-0.3, -0.25) is 4.79 Å². The summed E-state index contributed by atoms with van der Waals surface area (Å²) >= 11 is 0. The van der Waals surface area contributed by atoms with Crippen LogP contribution < -0.4 is 0 Å². The summed E-state index contributed by atoms with van der Waals surface area (Å²) in [6.45, 7) is 5.16. The summed E-state index contributed by atoms with van der Waals surface area (Å²) < 4.78 is 5.47. The van der Waals surface area contributed by atoms with Crippen molar-refractivity contribution in [2.45, 2.75) is 57.5 Å². The van der Waals surface area contributed by atoms with Crippen LogP contribution in [0.4, 0.5) is 0 Å². The highest BCUT2D eigenvalue weighted by Gasteiger charge is 2.41. The van der Waals surface area contributed by atoms with Crippen LogP contribution in [0.15, 0.2) is 12.7 Å². The molecule has 0 aromatic carbocycles. The molecule has 1 fully saturated rings. The van der Waals surface area contributed by atoms with Crippen LogP contribution in [0, 0.1) is 18.3 Å². The van der Waals surface area contributed by atoms with E-state index in [4.69, 9.17) is 11.2 Å². The van der Waals surface area contributed by atoms with Gasteiger partial charge in [-0.1, -0.05) is 18.4 Å². The lowest BCUT2D eigenvalue weighted by molar-refractivity contribution is -0.159. The van der Waals surface area contributed by atoms with Crippen molar-refractivity contribution in [2.75, 3.05) is 0 Å². The Hall–Kier alpha value is -1.23. The monoisotopic (exact) mass is 234 g/mol. The lowest BCUT2D eigenvalue weighted by atomic mass is 9.73. The van der Waals surface area contributed by atoms with Crippen LogP contribution in [0.5, 0.6) is 0 Å². The van der Waals surface area contributed by atoms with Crippen molar-refractivity contribution in [2.24, 2.45) is 5.92 Å². The number of hydrogen-bond donors (Lipinski definition) is 0. The number of rotatable bonds is 5. The number of unbranched alkanes of at least 4 members (excludes halogenated alkanes) is 1. The molecule has 0 heterocycles. The fourth-order valence-corrected chi connectivity index (χ4v) is 2.71. The zero-order valence-corrected chi connectivity index (χ0v) is 10.7. The molecule has 1 aliphatic carbocycles. The second kappa shape index (κ2) is 6.49. The summed E-state index contributed by atoms with van der Waals surface area (Å²) in [6.07, 6.45) is 14.7. The summed E-state index contributed by atoms with van der Waals surface area (Å²) in [5, 5.41) is 0. The van der Waals surface area contributed by atoms with E-state index in [0.29, 0.717) is 5.92 Å². The first-order chi connectivity index (χ1) is 8.14. The lowest BCUT2D eigenvalue weighted by Crippen LogP contribution is -2.43. The Bertz CT molecular complexity index is 313. The second-order valence-corrected chi connectivity index (χ2v) is 4.79. The van der Waals surface area contributed by atoms with Crippen molar-refractivity contribution in [3.05, 3.63) is 12.7 Å². The fourth-order valence-electron chi connectivity index (χ4n) is 2.71. The third kappa shape index (κ3) is 3.63. The van der Waals surface area contributed by atoms with Crippen molar-refractivity contribution in [1.82, 2.24) is 0 Å². The molecule has 2 atom stereocenters. The zero-order valence-electron chi connectivity index (χ0n) is 10.7. The van der Waals surface area contributed by atoms with E-state index < -0.39 is 5.60 Å². The smallest absolute Gasteiger partial charge is 0.304 e. The van der Waals surface area contributed by atoms with Crippen molar-refractivity contribution >= 4 is 5.97 Å². The van der Waals surface area contributed by atoms with Gasteiger partial charge < -0.3 is 4.74 Å². The molecule has 0 spiro atoms. The van der Waals surface area contributed by atoms with E-state index in [0.717, 1.165) is 38.5 Å². The SMILES string of the molecule is C#CC1(OC(C)=O)CCCCC1CCCC=C. The Kier molecular flexibility index (Phi) is 5.28. The van der Waals surface area contributed by atoms with Gasteiger partial charge in [-0.25, -0.2) is 0 Å². The molecular formula is C15H22O2. The molecule has 0 aromatic rings. The molecule has 1 aliphatic rings. The van der Waals surface area contributed by atoms with Crippen molar-refractivity contribution < 1.29 is 9.53 Å². The van der Waals surface area contributed by atoms with E-state index >= 15 is 0 Å².